The zero-order chi connectivity index (χ0) is 5.86. The first-order valence-corrected chi connectivity index (χ1v) is 2.07. The molecule has 3 heteroatoms. The lowest BCUT2D eigenvalue weighted by molar-refractivity contribution is 0.0177. The molecule has 7 heavy (non-hydrogen) atoms. The molecule has 3 nitrogen and oxygen atoms in total. The van der Waals surface area contributed by atoms with E-state index in [1.165, 1.54) is 6.92 Å². The van der Waals surface area contributed by atoms with Gasteiger partial charge in [0.05, 0.1) is 6.10 Å². The highest BCUT2D eigenvalue weighted by Crippen LogP contribution is 1.83. The van der Waals surface area contributed by atoms with Gasteiger partial charge < -0.3 is 10.2 Å². The molecule has 2 atom stereocenters. The second kappa shape index (κ2) is 2.96. The van der Waals surface area contributed by atoms with Crippen LogP contribution in [0, 0.1) is 7.05 Å². The minimum Gasteiger partial charge on any atom is -0.389 e. The van der Waals surface area contributed by atoms with Crippen molar-refractivity contribution in [2.75, 3.05) is 0 Å². The summed E-state index contributed by atoms with van der Waals surface area (Å²) in [5.74, 6) is 0. The van der Waals surface area contributed by atoms with Crippen molar-refractivity contribution in [3.63, 3.8) is 0 Å². The van der Waals surface area contributed by atoms with Crippen LogP contribution in [0.1, 0.15) is 6.92 Å². The molecule has 0 saturated heterocycles. The molecule has 0 aromatic heterocycles. The molecule has 0 spiro atoms. The molecule has 0 aliphatic carbocycles. The lowest BCUT2D eigenvalue weighted by atomic mass is 10.4. The normalized spacial score (nSPS) is 18.9. The molecule has 3 N–H and O–H groups in total. The zero-order valence-corrected chi connectivity index (χ0v) is 4.26. The first-order valence-electron chi connectivity index (χ1n) is 2.07. The Morgan fingerprint density at radius 3 is 2.00 bits per heavy atom. The fourth-order valence-corrected chi connectivity index (χ4v) is 0.171. The highest BCUT2D eigenvalue weighted by atomic mass is 16.3. The van der Waals surface area contributed by atoms with Gasteiger partial charge >= 0.3 is 0 Å². The Balaban J connectivity index is 3.14. The Kier molecular flexibility index (Phi) is 2.91. The Morgan fingerprint density at radius 2 is 2.00 bits per heavy atom. The van der Waals surface area contributed by atoms with E-state index in [0.717, 1.165) is 0 Å². The van der Waals surface area contributed by atoms with Crippen molar-refractivity contribution in [1.29, 1.82) is 0 Å². The van der Waals surface area contributed by atoms with Crippen molar-refractivity contribution in [3.05, 3.63) is 7.05 Å². The molecule has 43 valence electrons. The fraction of sp³-hybridized carbons (Fsp3) is 0.750. The third-order valence-corrected chi connectivity index (χ3v) is 0.666. The van der Waals surface area contributed by atoms with Crippen molar-refractivity contribution in [1.82, 2.24) is 5.32 Å². The summed E-state index contributed by atoms with van der Waals surface area (Å²) in [6, 6.07) is 0. The highest BCUT2D eigenvalue weighted by molar-refractivity contribution is 4.56. The SMILES string of the molecule is [CH2]NC(O)C(C)O. The number of aliphatic hydroxyl groups excluding tert-OH is 2. The van der Waals surface area contributed by atoms with Gasteiger partial charge in [0, 0.05) is 7.05 Å². The quantitative estimate of drug-likeness (QED) is 0.396. The maximum Gasteiger partial charge on any atom is 0.130 e. The summed E-state index contributed by atoms with van der Waals surface area (Å²) in [5.41, 5.74) is 0. The number of hydrogen-bond acceptors (Lipinski definition) is 3. The molecule has 0 aliphatic heterocycles. The summed E-state index contributed by atoms with van der Waals surface area (Å²) in [5, 5.41) is 19.2. The van der Waals surface area contributed by atoms with Crippen LogP contribution in [-0.4, -0.2) is 22.5 Å². The van der Waals surface area contributed by atoms with E-state index in [0.29, 0.717) is 0 Å². The summed E-state index contributed by atoms with van der Waals surface area (Å²) in [6.45, 7) is 1.48. The summed E-state index contributed by atoms with van der Waals surface area (Å²) < 4.78 is 0. The van der Waals surface area contributed by atoms with E-state index in [1.807, 2.05) is 0 Å². The van der Waals surface area contributed by atoms with Gasteiger partial charge in [-0.3, -0.25) is 5.32 Å². The van der Waals surface area contributed by atoms with Crippen LogP contribution in [0.4, 0.5) is 0 Å². The van der Waals surface area contributed by atoms with Gasteiger partial charge in [0.1, 0.15) is 6.23 Å². The Bertz CT molecular complexity index is 47.0. The number of rotatable bonds is 2. The average Bonchev–Trinajstić information content (AvgIpc) is 1.65. The third kappa shape index (κ3) is 2.56. The van der Waals surface area contributed by atoms with Crippen LogP contribution >= 0.6 is 0 Å². The second-order valence-electron chi connectivity index (χ2n) is 1.39. The van der Waals surface area contributed by atoms with Crippen molar-refractivity contribution in [3.8, 4) is 0 Å². The van der Waals surface area contributed by atoms with Crippen molar-refractivity contribution in [2.45, 2.75) is 19.3 Å². The molecule has 0 aliphatic rings. The van der Waals surface area contributed by atoms with E-state index in [9.17, 15) is 0 Å². The molecule has 2 unspecified atom stereocenters. The zero-order valence-electron chi connectivity index (χ0n) is 4.26. The molecule has 0 aromatic carbocycles. The summed E-state index contributed by atoms with van der Waals surface area (Å²) >= 11 is 0. The maximum absolute atomic E-state index is 8.51. The van der Waals surface area contributed by atoms with Crippen LogP contribution in [0.5, 0.6) is 0 Å². The first-order chi connectivity index (χ1) is 3.18. The second-order valence-corrected chi connectivity index (χ2v) is 1.39. The van der Waals surface area contributed by atoms with Gasteiger partial charge in [-0.15, -0.1) is 0 Å². The van der Waals surface area contributed by atoms with Gasteiger partial charge in [-0.2, -0.15) is 0 Å². The molecule has 0 amide bonds. The van der Waals surface area contributed by atoms with Gasteiger partial charge in [0.25, 0.3) is 0 Å². The van der Waals surface area contributed by atoms with E-state index < -0.39 is 12.3 Å². The topological polar surface area (TPSA) is 52.5 Å². The number of nitrogens with one attached hydrogen (secondary N) is 1. The van der Waals surface area contributed by atoms with Crippen LogP contribution in [0.2, 0.25) is 0 Å². The monoisotopic (exact) mass is 104 g/mol. The van der Waals surface area contributed by atoms with E-state index in [2.05, 4.69) is 12.4 Å². The van der Waals surface area contributed by atoms with Crippen molar-refractivity contribution >= 4 is 0 Å². The highest BCUT2D eigenvalue weighted by Gasteiger charge is 2.04. The Morgan fingerprint density at radius 1 is 1.57 bits per heavy atom. The molecule has 0 fully saturated rings. The summed E-state index contributed by atoms with van der Waals surface area (Å²) in [7, 11) is 3.15. The third-order valence-electron chi connectivity index (χ3n) is 0.666. The fourth-order valence-electron chi connectivity index (χ4n) is 0.171. The molecule has 0 heterocycles. The minimum absolute atomic E-state index is 0.752. The Labute approximate surface area is 43.0 Å². The molecule has 0 rings (SSSR count). The van der Waals surface area contributed by atoms with Gasteiger partial charge in [0.2, 0.25) is 0 Å². The van der Waals surface area contributed by atoms with Gasteiger partial charge in [0.15, 0.2) is 0 Å². The van der Waals surface area contributed by atoms with Gasteiger partial charge in [-0.25, -0.2) is 0 Å². The lowest BCUT2D eigenvalue weighted by Crippen LogP contribution is -2.33. The Hall–Kier alpha value is -0.120. The first kappa shape index (κ1) is 6.88. The largest absolute Gasteiger partial charge is 0.389 e. The molecule has 0 bridgehead atoms. The van der Waals surface area contributed by atoms with Crippen LogP contribution in [-0.2, 0) is 0 Å². The lowest BCUT2D eigenvalue weighted by Gasteiger charge is -2.10. The van der Waals surface area contributed by atoms with Crippen molar-refractivity contribution < 1.29 is 10.2 Å². The maximum atomic E-state index is 8.51. The van der Waals surface area contributed by atoms with Crippen LogP contribution in [0.15, 0.2) is 0 Å². The summed E-state index contributed by atoms with van der Waals surface area (Å²) in [6.07, 6.45) is -1.66. The van der Waals surface area contributed by atoms with E-state index in [-0.39, 0.29) is 0 Å². The van der Waals surface area contributed by atoms with Crippen LogP contribution in [0.25, 0.3) is 0 Å². The standard InChI is InChI=1S/C4H10NO2/c1-3(6)4(7)5-2/h3-7H,2H2,1H3. The smallest absolute Gasteiger partial charge is 0.130 e. The van der Waals surface area contributed by atoms with E-state index >= 15 is 0 Å². The minimum atomic E-state index is -0.903. The van der Waals surface area contributed by atoms with Gasteiger partial charge in [-0.1, -0.05) is 0 Å². The molecular weight excluding hydrogens is 94.0 g/mol. The van der Waals surface area contributed by atoms with Crippen LogP contribution in [0.3, 0.4) is 0 Å². The van der Waals surface area contributed by atoms with E-state index in [1.54, 1.807) is 0 Å². The number of aliphatic hydroxyl groups is 2. The molecular formula is C4H10NO2. The van der Waals surface area contributed by atoms with Gasteiger partial charge in [-0.05, 0) is 6.92 Å². The predicted octanol–water partition coefficient (Wildman–Crippen LogP) is -0.933. The molecule has 0 aromatic rings. The van der Waals surface area contributed by atoms with Crippen molar-refractivity contribution in [2.24, 2.45) is 0 Å². The molecule has 0 saturated carbocycles. The number of hydrogen-bond donors (Lipinski definition) is 3. The molecule has 1 radical (unpaired) electrons. The summed E-state index contributed by atoms with van der Waals surface area (Å²) in [4.78, 5) is 0. The van der Waals surface area contributed by atoms with E-state index in [4.69, 9.17) is 10.2 Å². The average molecular weight is 104 g/mol. The van der Waals surface area contributed by atoms with Crippen LogP contribution < -0.4 is 5.32 Å². The predicted molar refractivity (Wildman–Crippen MR) is 26.2 cm³/mol.